The van der Waals surface area contributed by atoms with E-state index in [9.17, 15) is 18.0 Å². The smallest absolute Gasteiger partial charge is 0.261 e. The van der Waals surface area contributed by atoms with E-state index in [1.54, 1.807) is 40.1 Å². The van der Waals surface area contributed by atoms with Crippen LogP contribution in [-0.4, -0.2) is 48.8 Å². The molecule has 0 N–H and O–H groups in total. The number of nitrogens with zero attached hydrogens (tertiary/aromatic N) is 4. The summed E-state index contributed by atoms with van der Waals surface area (Å²) < 4.78 is 27.5. The second-order valence-corrected chi connectivity index (χ2v) is 10.3. The summed E-state index contributed by atoms with van der Waals surface area (Å²) in [7, 11) is -0.520. The molecule has 0 saturated heterocycles. The van der Waals surface area contributed by atoms with Crippen LogP contribution in [0.1, 0.15) is 24.0 Å². The van der Waals surface area contributed by atoms with Crippen molar-refractivity contribution in [2.24, 2.45) is 0 Å². The molecule has 9 heteroatoms. The molecule has 0 unspecified atom stereocenters. The molecule has 168 valence electrons. The number of sulfonamides is 1. The molecule has 1 amide bonds. The van der Waals surface area contributed by atoms with Gasteiger partial charge in [-0.1, -0.05) is 12.1 Å². The van der Waals surface area contributed by atoms with Gasteiger partial charge in [0.2, 0.25) is 15.9 Å². The molecule has 2 heterocycles. The molecular formula is C23H26N4O4S. The molecule has 1 aliphatic rings. The standard InChI is InChI=1S/C23H26N4O4S/c1-16-6-4-7-19-22(16)24-15-26(23(19)29)12-5-8-21(28)27-13-11-17-14-18(9-10-20(17)27)32(30,31)25(2)3/h4,6-7,9-10,14-15H,5,8,11-13H2,1-3H3. The van der Waals surface area contributed by atoms with E-state index in [-0.39, 0.29) is 22.8 Å². The Balaban J connectivity index is 1.44. The lowest BCUT2D eigenvalue weighted by molar-refractivity contribution is -0.118. The largest absolute Gasteiger partial charge is 0.312 e. The Labute approximate surface area is 187 Å². The van der Waals surface area contributed by atoms with Crippen molar-refractivity contribution in [2.75, 3.05) is 25.5 Å². The van der Waals surface area contributed by atoms with Gasteiger partial charge in [-0.2, -0.15) is 0 Å². The molecule has 0 bridgehead atoms. The fourth-order valence-corrected chi connectivity index (χ4v) is 4.99. The van der Waals surface area contributed by atoms with Crippen molar-refractivity contribution in [3.05, 3.63) is 64.2 Å². The van der Waals surface area contributed by atoms with Gasteiger partial charge in [-0.25, -0.2) is 17.7 Å². The Bertz CT molecular complexity index is 1360. The lowest BCUT2D eigenvalue weighted by atomic mass is 10.1. The zero-order valence-corrected chi connectivity index (χ0v) is 19.2. The third-order valence-corrected chi connectivity index (χ3v) is 7.68. The molecule has 0 atom stereocenters. The fourth-order valence-electron chi connectivity index (χ4n) is 4.04. The predicted molar refractivity (Wildman–Crippen MR) is 123 cm³/mol. The first-order chi connectivity index (χ1) is 15.2. The van der Waals surface area contributed by atoms with Crippen molar-refractivity contribution in [1.29, 1.82) is 0 Å². The Morgan fingerprint density at radius 1 is 1.19 bits per heavy atom. The monoisotopic (exact) mass is 454 g/mol. The summed E-state index contributed by atoms with van der Waals surface area (Å²) in [5.41, 5.74) is 3.16. The van der Waals surface area contributed by atoms with Gasteiger partial charge < -0.3 is 4.90 Å². The average Bonchev–Trinajstić information content (AvgIpc) is 3.19. The lowest BCUT2D eigenvalue weighted by Crippen LogP contribution is -2.29. The van der Waals surface area contributed by atoms with Crippen LogP contribution in [-0.2, 0) is 27.8 Å². The molecule has 1 aromatic heterocycles. The van der Waals surface area contributed by atoms with Crippen LogP contribution in [0.2, 0.25) is 0 Å². The van der Waals surface area contributed by atoms with Crippen LogP contribution in [0.3, 0.4) is 0 Å². The number of carbonyl (C=O) groups excluding carboxylic acids is 1. The van der Waals surface area contributed by atoms with Crippen LogP contribution in [0.4, 0.5) is 5.69 Å². The zero-order valence-electron chi connectivity index (χ0n) is 18.4. The Morgan fingerprint density at radius 3 is 2.72 bits per heavy atom. The summed E-state index contributed by atoms with van der Waals surface area (Å²) >= 11 is 0. The third-order valence-electron chi connectivity index (χ3n) is 5.87. The van der Waals surface area contributed by atoms with Crippen LogP contribution in [0.15, 0.2) is 52.4 Å². The van der Waals surface area contributed by atoms with E-state index < -0.39 is 10.0 Å². The molecule has 4 rings (SSSR count). The van der Waals surface area contributed by atoms with E-state index in [0.29, 0.717) is 36.8 Å². The van der Waals surface area contributed by atoms with Gasteiger partial charge in [-0.3, -0.25) is 14.2 Å². The van der Waals surface area contributed by atoms with Crippen LogP contribution < -0.4 is 10.5 Å². The van der Waals surface area contributed by atoms with Gasteiger partial charge in [0.1, 0.15) is 0 Å². The van der Waals surface area contributed by atoms with Crippen LogP contribution >= 0.6 is 0 Å². The van der Waals surface area contributed by atoms with Gasteiger partial charge in [-0.15, -0.1) is 0 Å². The van der Waals surface area contributed by atoms with Gasteiger partial charge in [-0.05, 0) is 55.2 Å². The number of aromatic nitrogens is 2. The van der Waals surface area contributed by atoms with E-state index in [1.165, 1.54) is 18.4 Å². The highest BCUT2D eigenvalue weighted by molar-refractivity contribution is 7.89. The lowest BCUT2D eigenvalue weighted by Gasteiger charge is -2.18. The highest BCUT2D eigenvalue weighted by atomic mass is 32.2. The van der Waals surface area contributed by atoms with Crippen LogP contribution in [0, 0.1) is 6.92 Å². The van der Waals surface area contributed by atoms with Gasteiger partial charge in [0.15, 0.2) is 0 Å². The number of rotatable bonds is 6. The maximum atomic E-state index is 12.8. The molecule has 8 nitrogen and oxygen atoms in total. The molecule has 0 spiro atoms. The van der Waals surface area contributed by atoms with Crippen LogP contribution in [0.5, 0.6) is 0 Å². The third kappa shape index (κ3) is 3.93. The molecule has 0 fully saturated rings. The number of hydrogen-bond acceptors (Lipinski definition) is 5. The molecule has 0 aliphatic carbocycles. The first-order valence-corrected chi connectivity index (χ1v) is 11.9. The summed E-state index contributed by atoms with van der Waals surface area (Å²) in [5.74, 6) is -0.0374. The number of anilines is 1. The Hall–Kier alpha value is -3.04. The number of fused-ring (bicyclic) bond motifs is 2. The van der Waals surface area contributed by atoms with E-state index in [0.717, 1.165) is 16.8 Å². The van der Waals surface area contributed by atoms with E-state index >= 15 is 0 Å². The first kappa shape index (κ1) is 22.2. The normalized spacial score (nSPS) is 13.7. The average molecular weight is 455 g/mol. The number of amides is 1. The van der Waals surface area contributed by atoms with Crippen molar-refractivity contribution in [2.45, 2.75) is 37.6 Å². The van der Waals surface area contributed by atoms with Crippen LogP contribution in [0.25, 0.3) is 10.9 Å². The molecule has 1 aliphatic heterocycles. The minimum atomic E-state index is -3.51. The van der Waals surface area contributed by atoms with E-state index in [4.69, 9.17) is 0 Å². The second kappa shape index (κ2) is 8.48. The summed E-state index contributed by atoms with van der Waals surface area (Å²) in [6.07, 6.45) is 2.96. The highest BCUT2D eigenvalue weighted by Crippen LogP contribution is 2.31. The molecular weight excluding hydrogens is 428 g/mol. The number of benzene rings is 2. The van der Waals surface area contributed by atoms with E-state index in [2.05, 4.69) is 4.98 Å². The maximum Gasteiger partial charge on any atom is 0.261 e. The van der Waals surface area contributed by atoms with E-state index in [1.807, 2.05) is 19.1 Å². The minimum absolute atomic E-state index is 0.0374. The SMILES string of the molecule is Cc1cccc2c(=O)n(CCCC(=O)N3CCc4cc(S(=O)(=O)N(C)C)ccc43)cnc12. The minimum Gasteiger partial charge on any atom is -0.312 e. The molecule has 2 aromatic carbocycles. The summed E-state index contributed by atoms with van der Waals surface area (Å²) in [6.45, 7) is 2.85. The quantitative estimate of drug-likeness (QED) is 0.570. The Morgan fingerprint density at radius 2 is 1.97 bits per heavy atom. The number of aryl methyl sites for hydroxylation is 2. The predicted octanol–water partition coefficient (Wildman–Crippen LogP) is 2.32. The number of carbonyl (C=O) groups is 1. The summed E-state index contributed by atoms with van der Waals surface area (Å²) in [6, 6.07) is 10.4. The fraction of sp³-hybridized carbons (Fsp3) is 0.348. The van der Waals surface area contributed by atoms with Crippen molar-refractivity contribution in [1.82, 2.24) is 13.9 Å². The highest BCUT2D eigenvalue weighted by Gasteiger charge is 2.27. The second-order valence-electron chi connectivity index (χ2n) is 8.19. The maximum absolute atomic E-state index is 12.8. The summed E-state index contributed by atoms with van der Waals surface area (Å²) in [5, 5.41) is 0.579. The van der Waals surface area contributed by atoms with Crippen molar-refractivity contribution in [3.8, 4) is 0 Å². The first-order valence-electron chi connectivity index (χ1n) is 10.5. The molecule has 0 saturated carbocycles. The van der Waals surface area contributed by atoms with Gasteiger partial charge in [0.05, 0.1) is 22.1 Å². The Kier molecular flexibility index (Phi) is 5.87. The van der Waals surface area contributed by atoms with Crippen molar-refractivity contribution < 1.29 is 13.2 Å². The molecule has 0 radical (unpaired) electrons. The zero-order chi connectivity index (χ0) is 23.0. The van der Waals surface area contributed by atoms with Gasteiger partial charge in [0, 0.05) is 39.3 Å². The molecule has 32 heavy (non-hydrogen) atoms. The van der Waals surface area contributed by atoms with Crippen molar-refractivity contribution >= 4 is 32.5 Å². The molecule has 3 aromatic rings. The number of hydrogen-bond donors (Lipinski definition) is 0. The van der Waals surface area contributed by atoms with Gasteiger partial charge >= 0.3 is 0 Å². The number of para-hydroxylation sites is 1. The summed E-state index contributed by atoms with van der Waals surface area (Å²) in [4.78, 5) is 31.9. The van der Waals surface area contributed by atoms with Gasteiger partial charge in [0.25, 0.3) is 5.56 Å². The van der Waals surface area contributed by atoms with Crippen molar-refractivity contribution in [3.63, 3.8) is 0 Å². The topological polar surface area (TPSA) is 92.6 Å².